The molecule has 5 nitrogen and oxygen atoms in total. The number of methoxy groups -OCH3 is 1. The summed E-state index contributed by atoms with van der Waals surface area (Å²) < 4.78 is 44.8. The van der Waals surface area contributed by atoms with Crippen molar-refractivity contribution in [3.05, 3.63) is 5.01 Å². The molecule has 0 aliphatic rings. The van der Waals surface area contributed by atoms with E-state index in [1.54, 1.807) is 7.11 Å². The van der Waals surface area contributed by atoms with Crippen molar-refractivity contribution in [2.24, 2.45) is 0 Å². The van der Waals surface area contributed by atoms with Gasteiger partial charge in [0.15, 0.2) is 6.61 Å². The molecule has 0 amide bonds. The van der Waals surface area contributed by atoms with Gasteiger partial charge in [-0.3, -0.25) is 0 Å². The van der Waals surface area contributed by atoms with E-state index >= 15 is 0 Å². The Morgan fingerprint density at radius 1 is 1.35 bits per heavy atom. The van der Waals surface area contributed by atoms with Crippen LogP contribution in [-0.4, -0.2) is 43.2 Å². The summed E-state index contributed by atoms with van der Waals surface area (Å²) in [5.41, 5.74) is 0. The van der Waals surface area contributed by atoms with Crippen molar-refractivity contribution in [1.82, 2.24) is 15.5 Å². The smallest absolute Gasteiger partial charge is 0.422 e. The monoisotopic (exact) mass is 271 g/mol. The van der Waals surface area contributed by atoms with Crippen LogP contribution < -0.4 is 10.1 Å². The Morgan fingerprint density at radius 2 is 2.12 bits per heavy atom. The number of hydrogen-bond acceptors (Lipinski definition) is 6. The molecule has 0 aliphatic heterocycles. The first-order chi connectivity index (χ1) is 8.01. The molecule has 1 aromatic rings. The fraction of sp³-hybridized carbons (Fsp3) is 0.750. The molecule has 0 aliphatic carbocycles. The molecular weight excluding hydrogens is 259 g/mol. The van der Waals surface area contributed by atoms with Crippen LogP contribution in [0.15, 0.2) is 0 Å². The Labute approximate surface area is 99.9 Å². The normalized spacial score (nSPS) is 11.8. The second-order valence-electron chi connectivity index (χ2n) is 3.04. The summed E-state index contributed by atoms with van der Waals surface area (Å²) in [5.74, 6) is 0. The van der Waals surface area contributed by atoms with Crippen molar-refractivity contribution in [3.8, 4) is 5.19 Å². The lowest BCUT2D eigenvalue weighted by Crippen LogP contribution is -2.19. The molecule has 0 saturated heterocycles. The molecule has 0 bridgehead atoms. The average Bonchev–Trinajstić information content (AvgIpc) is 2.69. The van der Waals surface area contributed by atoms with Gasteiger partial charge in [-0.1, -0.05) is 11.3 Å². The Morgan fingerprint density at radius 3 is 2.76 bits per heavy atom. The Bertz CT molecular complexity index is 332. The second kappa shape index (κ2) is 6.72. The SMILES string of the molecule is COCCNCc1nnc(OCC(F)(F)F)s1. The maximum absolute atomic E-state index is 11.8. The molecule has 0 unspecified atom stereocenters. The maximum Gasteiger partial charge on any atom is 0.422 e. The fourth-order valence-electron chi connectivity index (χ4n) is 0.881. The van der Waals surface area contributed by atoms with Gasteiger partial charge < -0.3 is 14.8 Å². The molecule has 17 heavy (non-hydrogen) atoms. The van der Waals surface area contributed by atoms with Gasteiger partial charge in [-0.15, -0.1) is 10.2 Å². The predicted molar refractivity (Wildman–Crippen MR) is 55.0 cm³/mol. The number of aromatic nitrogens is 2. The fourth-order valence-corrected chi connectivity index (χ4v) is 1.54. The zero-order chi connectivity index (χ0) is 12.7. The van der Waals surface area contributed by atoms with Crippen LogP contribution >= 0.6 is 11.3 Å². The highest BCUT2D eigenvalue weighted by atomic mass is 32.1. The highest BCUT2D eigenvalue weighted by Gasteiger charge is 2.29. The largest absolute Gasteiger partial charge is 0.459 e. The molecule has 0 radical (unpaired) electrons. The van der Waals surface area contributed by atoms with Gasteiger partial charge in [0, 0.05) is 20.2 Å². The Balaban J connectivity index is 2.28. The summed E-state index contributed by atoms with van der Waals surface area (Å²) in [5, 5.41) is 10.7. The van der Waals surface area contributed by atoms with Gasteiger partial charge in [-0.25, -0.2) is 0 Å². The molecule has 1 rings (SSSR count). The second-order valence-corrected chi connectivity index (χ2v) is 4.06. The Hall–Kier alpha value is -0.930. The van der Waals surface area contributed by atoms with Gasteiger partial charge in [0.2, 0.25) is 0 Å². The van der Waals surface area contributed by atoms with E-state index < -0.39 is 12.8 Å². The lowest BCUT2D eigenvalue weighted by molar-refractivity contribution is -0.153. The number of nitrogens with one attached hydrogen (secondary N) is 1. The first-order valence-electron chi connectivity index (χ1n) is 4.73. The molecule has 1 aromatic heterocycles. The zero-order valence-corrected chi connectivity index (χ0v) is 9.90. The van der Waals surface area contributed by atoms with Gasteiger partial charge >= 0.3 is 6.18 Å². The van der Waals surface area contributed by atoms with Crippen LogP contribution in [-0.2, 0) is 11.3 Å². The van der Waals surface area contributed by atoms with Gasteiger partial charge in [0.05, 0.1) is 6.61 Å². The molecule has 0 atom stereocenters. The van der Waals surface area contributed by atoms with E-state index in [-0.39, 0.29) is 5.19 Å². The third-order valence-electron chi connectivity index (χ3n) is 1.57. The van der Waals surface area contributed by atoms with Crippen molar-refractivity contribution in [3.63, 3.8) is 0 Å². The standard InChI is InChI=1S/C8H12F3N3O2S/c1-15-3-2-12-4-6-13-14-7(17-6)16-5-8(9,10)11/h12H,2-5H2,1H3. The molecule has 1 heterocycles. The van der Waals surface area contributed by atoms with Crippen molar-refractivity contribution < 1.29 is 22.6 Å². The van der Waals surface area contributed by atoms with Crippen LogP contribution in [0.2, 0.25) is 0 Å². The number of nitrogens with zero attached hydrogens (tertiary/aromatic N) is 2. The van der Waals surface area contributed by atoms with E-state index in [0.717, 1.165) is 11.3 Å². The zero-order valence-electron chi connectivity index (χ0n) is 9.08. The Kier molecular flexibility index (Phi) is 5.59. The van der Waals surface area contributed by atoms with Crippen LogP contribution in [0.4, 0.5) is 13.2 Å². The minimum atomic E-state index is -4.36. The molecular formula is C8H12F3N3O2S. The van der Waals surface area contributed by atoms with Gasteiger partial charge in [-0.05, 0) is 0 Å². The number of ether oxygens (including phenoxy) is 2. The summed E-state index contributed by atoms with van der Waals surface area (Å²) in [7, 11) is 1.58. The van der Waals surface area contributed by atoms with Crippen LogP contribution in [0.5, 0.6) is 5.19 Å². The van der Waals surface area contributed by atoms with E-state index in [9.17, 15) is 13.2 Å². The van der Waals surface area contributed by atoms with Gasteiger partial charge in [0.25, 0.3) is 5.19 Å². The first-order valence-corrected chi connectivity index (χ1v) is 5.54. The van der Waals surface area contributed by atoms with Crippen LogP contribution in [0.3, 0.4) is 0 Å². The highest BCUT2D eigenvalue weighted by Crippen LogP contribution is 2.21. The van der Waals surface area contributed by atoms with Crippen LogP contribution in [0.25, 0.3) is 0 Å². The lowest BCUT2D eigenvalue weighted by atomic mass is 10.6. The van der Waals surface area contributed by atoms with E-state index in [1.807, 2.05) is 0 Å². The van der Waals surface area contributed by atoms with Crippen LogP contribution in [0, 0.1) is 0 Å². The average molecular weight is 271 g/mol. The molecule has 98 valence electrons. The van der Waals surface area contributed by atoms with E-state index in [4.69, 9.17) is 4.74 Å². The summed E-state index contributed by atoms with van der Waals surface area (Å²) in [6.07, 6.45) is -4.36. The molecule has 1 N–H and O–H groups in total. The number of halogens is 3. The molecule has 0 spiro atoms. The minimum absolute atomic E-state index is 0.0779. The molecule has 0 aromatic carbocycles. The van der Waals surface area contributed by atoms with E-state index in [0.29, 0.717) is 24.7 Å². The number of alkyl halides is 3. The highest BCUT2D eigenvalue weighted by molar-refractivity contribution is 7.13. The summed E-state index contributed by atoms with van der Waals surface area (Å²) in [4.78, 5) is 0. The molecule has 0 saturated carbocycles. The van der Waals surface area contributed by atoms with Gasteiger partial charge in [-0.2, -0.15) is 13.2 Å². The maximum atomic E-state index is 11.8. The predicted octanol–water partition coefficient (Wildman–Crippen LogP) is 1.22. The van der Waals surface area contributed by atoms with Gasteiger partial charge in [0.1, 0.15) is 5.01 Å². The van der Waals surface area contributed by atoms with Crippen molar-refractivity contribution in [2.45, 2.75) is 12.7 Å². The van der Waals surface area contributed by atoms with Crippen molar-refractivity contribution >= 4 is 11.3 Å². The summed E-state index contributed by atoms with van der Waals surface area (Å²) in [6.45, 7) is 0.264. The lowest BCUT2D eigenvalue weighted by Gasteiger charge is -2.04. The van der Waals surface area contributed by atoms with Crippen molar-refractivity contribution in [1.29, 1.82) is 0 Å². The topological polar surface area (TPSA) is 56.3 Å². The molecule has 0 fully saturated rings. The third-order valence-corrected chi connectivity index (χ3v) is 2.40. The minimum Gasteiger partial charge on any atom is -0.459 e. The molecule has 9 heteroatoms. The van der Waals surface area contributed by atoms with E-state index in [1.165, 1.54) is 0 Å². The summed E-state index contributed by atoms with van der Waals surface area (Å²) in [6, 6.07) is 0. The van der Waals surface area contributed by atoms with Crippen LogP contribution in [0.1, 0.15) is 5.01 Å². The van der Waals surface area contributed by atoms with E-state index in [2.05, 4.69) is 20.3 Å². The quantitative estimate of drug-likeness (QED) is 0.756. The first kappa shape index (κ1) is 14.1. The van der Waals surface area contributed by atoms with Crippen molar-refractivity contribution in [2.75, 3.05) is 26.9 Å². The third kappa shape index (κ3) is 6.39. The summed E-state index contributed by atoms with van der Waals surface area (Å²) >= 11 is 0.984. The number of hydrogen-bond donors (Lipinski definition) is 1. The number of rotatable bonds is 7.